The summed E-state index contributed by atoms with van der Waals surface area (Å²) in [7, 11) is -3.03. The number of carbonyl (C=O) groups is 1. The van der Waals surface area contributed by atoms with Crippen molar-refractivity contribution in [2.24, 2.45) is 0 Å². The summed E-state index contributed by atoms with van der Waals surface area (Å²) in [6, 6.07) is 4.82. The second-order valence-corrected chi connectivity index (χ2v) is 7.90. The van der Waals surface area contributed by atoms with Crippen LogP contribution in [0.15, 0.2) is 18.2 Å². The van der Waals surface area contributed by atoms with Crippen LogP contribution in [0, 0.1) is 0 Å². The molecule has 1 fully saturated rings. The molecule has 4 nitrogen and oxygen atoms in total. The maximum absolute atomic E-state index is 11.6. The number of ether oxygens (including phenoxy) is 1. The summed E-state index contributed by atoms with van der Waals surface area (Å²) in [5.74, 6) is 0.497. The largest absolute Gasteiger partial charge is 0.489 e. The fourth-order valence-corrected chi connectivity index (χ4v) is 3.86. The Bertz CT molecular complexity index is 597. The van der Waals surface area contributed by atoms with Crippen LogP contribution in [0.25, 0.3) is 0 Å². The van der Waals surface area contributed by atoms with Crippen LogP contribution in [0.1, 0.15) is 36.0 Å². The first-order valence-corrected chi connectivity index (χ1v) is 8.83. The van der Waals surface area contributed by atoms with Crippen LogP contribution in [0.3, 0.4) is 0 Å². The molecule has 2 atom stereocenters. The zero-order valence-electron chi connectivity index (χ0n) is 11.2. The van der Waals surface area contributed by atoms with Gasteiger partial charge in [0.1, 0.15) is 28.0 Å². The lowest BCUT2D eigenvalue weighted by molar-refractivity contribution is 0.112. The van der Waals surface area contributed by atoms with Gasteiger partial charge in [0.05, 0.1) is 10.3 Å². The molecular weight excluding hydrogens is 300 g/mol. The van der Waals surface area contributed by atoms with Crippen LogP contribution in [0.4, 0.5) is 0 Å². The number of sulfone groups is 1. The van der Waals surface area contributed by atoms with Crippen LogP contribution < -0.4 is 4.74 Å². The van der Waals surface area contributed by atoms with Crippen molar-refractivity contribution in [3.8, 4) is 5.75 Å². The van der Waals surface area contributed by atoms with E-state index in [1.54, 1.807) is 18.2 Å². The van der Waals surface area contributed by atoms with E-state index < -0.39 is 9.84 Å². The molecule has 1 aliphatic carbocycles. The highest BCUT2D eigenvalue weighted by atomic mass is 35.5. The Morgan fingerprint density at radius 3 is 2.70 bits per heavy atom. The van der Waals surface area contributed by atoms with Crippen molar-refractivity contribution in [1.82, 2.24) is 0 Å². The van der Waals surface area contributed by atoms with Crippen LogP contribution in [0.2, 0.25) is 5.02 Å². The highest BCUT2D eigenvalue weighted by Crippen LogP contribution is 2.31. The monoisotopic (exact) mass is 316 g/mol. The van der Waals surface area contributed by atoms with Crippen molar-refractivity contribution in [3.05, 3.63) is 28.8 Å². The minimum atomic E-state index is -3.03. The van der Waals surface area contributed by atoms with E-state index >= 15 is 0 Å². The molecule has 0 radical (unpaired) electrons. The van der Waals surface area contributed by atoms with Crippen molar-refractivity contribution < 1.29 is 17.9 Å². The first kappa shape index (κ1) is 15.3. The van der Waals surface area contributed by atoms with Crippen molar-refractivity contribution in [2.75, 3.05) is 6.26 Å². The smallest absolute Gasteiger partial charge is 0.150 e. The molecule has 0 saturated heterocycles. The Morgan fingerprint density at radius 1 is 1.35 bits per heavy atom. The summed E-state index contributed by atoms with van der Waals surface area (Å²) in [6.07, 6.45) is 4.66. The summed E-state index contributed by atoms with van der Waals surface area (Å²) in [5, 5.41) is 0.0327. The van der Waals surface area contributed by atoms with E-state index in [-0.39, 0.29) is 11.4 Å². The fraction of sp³-hybridized carbons (Fsp3) is 0.500. The zero-order valence-corrected chi connectivity index (χ0v) is 12.8. The Morgan fingerprint density at radius 2 is 2.10 bits per heavy atom. The maximum atomic E-state index is 11.6. The zero-order chi connectivity index (χ0) is 14.8. The molecule has 20 heavy (non-hydrogen) atoms. The lowest BCUT2D eigenvalue weighted by Crippen LogP contribution is -2.33. The van der Waals surface area contributed by atoms with Crippen molar-refractivity contribution >= 4 is 27.7 Å². The number of hydrogen-bond acceptors (Lipinski definition) is 4. The van der Waals surface area contributed by atoms with Crippen LogP contribution in [-0.4, -0.2) is 32.3 Å². The summed E-state index contributed by atoms with van der Waals surface area (Å²) in [6.45, 7) is 0. The van der Waals surface area contributed by atoms with E-state index in [0.717, 1.165) is 19.1 Å². The van der Waals surface area contributed by atoms with Crippen LogP contribution in [0.5, 0.6) is 5.75 Å². The minimum Gasteiger partial charge on any atom is -0.489 e. The predicted octanol–water partition coefficient (Wildman–Crippen LogP) is 2.89. The molecule has 110 valence electrons. The quantitative estimate of drug-likeness (QED) is 0.801. The van der Waals surface area contributed by atoms with Crippen molar-refractivity contribution in [3.63, 3.8) is 0 Å². The van der Waals surface area contributed by atoms with Gasteiger partial charge in [-0.3, -0.25) is 4.79 Å². The van der Waals surface area contributed by atoms with Crippen LogP contribution >= 0.6 is 11.6 Å². The number of hydrogen-bond donors (Lipinski definition) is 0. The molecule has 0 spiro atoms. The molecule has 0 aliphatic heterocycles. The van der Waals surface area contributed by atoms with Gasteiger partial charge < -0.3 is 4.74 Å². The molecule has 0 bridgehead atoms. The normalized spacial score (nSPS) is 23.3. The van der Waals surface area contributed by atoms with E-state index in [9.17, 15) is 13.2 Å². The summed E-state index contributed by atoms with van der Waals surface area (Å²) in [5.41, 5.74) is 0.486. The van der Waals surface area contributed by atoms with Gasteiger partial charge in [-0.1, -0.05) is 11.6 Å². The average molecular weight is 317 g/mol. The molecule has 0 amide bonds. The third-order valence-corrected chi connectivity index (χ3v) is 5.50. The van der Waals surface area contributed by atoms with Gasteiger partial charge in [-0.25, -0.2) is 8.42 Å². The third-order valence-electron chi connectivity index (χ3n) is 3.57. The first-order chi connectivity index (χ1) is 9.40. The second kappa shape index (κ2) is 6.14. The standard InChI is InChI=1S/C14H17ClO4S/c1-20(17,18)12-4-2-3-11(8-12)19-14-6-5-10(9-16)7-13(14)15/h5-7,9,11-12H,2-4,8H2,1H3. The number of benzene rings is 1. The predicted molar refractivity (Wildman–Crippen MR) is 78.4 cm³/mol. The molecular formula is C14H17ClO4S. The molecule has 1 saturated carbocycles. The van der Waals surface area contributed by atoms with Gasteiger partial charge in [0, 0.05) is 18.2 Å². The van der Waals surface area contributed by atoms with Crippen LogP contribution in [-0.2, 0) is 9.84 Å². The Balaban J connectivity index is 2.08. The minimum absolute atomic E-state index is 0.150. The van der Waals surface area contributed by atoms with Crippen molar-refractivity contribution in [2.45, 2.75) is 37.0 Å². The van der Waals surface area contributed by atoms with E-state index in [1.807, 2.05) is 0 Å². The Labute approximate surface area is 124 Å². The van der Waals surface area contributed by atoms with E-state index in [0.29, 0.717) is 29.2 Å². The van der Waals surface area contributed by atoms with Crippen molar-refractivity contribution in [1.29, 1.82) is 0 Å². The SMILES string of the molecule is CS(=O)(=O)C1CCCC(Oc2ccc(C=O)cc2Cl)C1. The van der Waals surface area contributed by atoms with Gasteiger partial charge in [-0.05, 0) is 37.5 Å². The lowest BCUT2D eigenvalue weighted by Gasteiger charge is -2.28. The van der Waals surface area contributed by atoms with E-state index in [2.05, 4.69) is 0 Å². The second-order valence-electron chi connectivity index (χ2n) is 5.17. The van der Waals surface area contributed by atoms with Gasteiger partial charge in [0.15, 0.2) is 0 Å². The Kier molecular flexibility index (Phi) is 4.70. The molecule has 1 aromatic rings. The van der Waals surface area contributed by atoms with Gasteiger partial charge >= 0.3 is 0 Å². The van der Waals surface area contributed by atoms with E-state index in [4.69, 9.17) is 16.3 Å². The summed E-state index contributed by atoms with van der Waals surface area (Å²) < 4.78 is 29.0. The average Bonchev–Trinajstić information content (AvgIpc) is 2.40. The number of aldehydes is 1. The summed E-state index contributed by atoms with van der Waals surface area (Å²) in [4.78, 5) is 10.6. The van der Waals surface area contributed by atoms with Gasteiger partial charge in [-0.15, -0.1) is 0 Å². The highest BCUT2D eigenvalue weighted by molar-refractivity contribution is 7.91. The fourth-order valence-electron chi connectivity index (χ4n) is 2.46. The molecule has 0 N–H and O–H groups in total. The third kappa shape index (κ3) is 3.73. The van der Waals surface area contributed by atoms with E-state index in [1.165, 1.54) is 6.26 Å². The topological polar surface area (TPSA) is 60.4 Å². The molecule has 0 aromatic heterocycles. The number of rotatable bonds is 4. The molecule has 1 aromatic carbocycles. The molecule has 2 unspecified atom stereocenters. The molecule has 0 heterocycles. The lowest BCUT2D eigenvalue weighted by atomic mass is 9.97. The molecule has 2 rings (SSSR count). The van der Waals surface area contributed by atoms with Gasteiger partial charge in [0.2, 0.25) is 0 Å². The molecule has 6 heteroatoms. The summed E-state index contributed by atoms with van der Waals surface area (Å²) >= 11 is 6.05. The number of carbonyl (C=O) groups excluding carboxylic acids is 1. The maximum Gasteiger partial charge on any atom is 0.150 e. The Hall–Kier alpha value is -1.07. The molecule has 1 aliphatic rings. The highest BCUT2D eigenvalue weighted by Gasteiger charge is 2.30. The van der Waals surface area contributed by atoms with Gasteiger partial charge in [0.25, 0.3) is 0 Å². The van der Waals surface area contributed by atoms with Gasteiger partial charge in [-0.2, -0.15) is 0 Å². The number of halogens is 1. The first-order valence-electron chi connectivity index (χ1n) is 6.50.